The molecule has 1 heterocycles. The summed E-state index contributed by atoms with van der Waals surface area (Å²) in [5.74, 6) is 2.00. The van der Waals surface area contributed by atoms with E-state index in [4.69, 9.17) is 0 Å². The van der Waals surface area contributed by atoms with Gasteiger partial charge in [-0.15, -0.1) is 0 Å². The van der Waals surface area contributed by atoms with Crippen molar-refractivity contribution < 1.29 is 0 Å². The zero-order valence-corrected chi connectivity index (χ0v) is 7.94. The summed E-state index contributed by atoms with van der Waals surface area (Å²) in [5.41, 5.74) is 3.78. The molecule has 2 aliphatic carbocycles. The molecule has 2 atom stereocenters. The molecule has 0 aromatic carbocycles. The first-order valence-electron chi connectivity index (χ1n) is 4.80. The Kier molecular flexibility index (Phi) is 1.57. The normalized spacial score (nSPS) is 44.7. The van der Waals surface area contributed by atoms with Gasteiger partial charge in [0.2, 0.25) is 0 Å². The Hall–Kier alpha value is -0.240. The van der Waals surface area contributed by atoms with Gasteiger partial charge < -0.3 is 0 Å². The lowest BCUT2D eigenvalue weighted by atomic mass is 9.94. The van der Waals surface area contributed by atoms with Crippen LogP contribution in [0.3, 0.4) is 0 Å². The van der Waals surface area contributed by atoms with Crippen LogP contribution in [0.1, 0.15) is 25.7 Å². The number of nitrogens with zero attached hydrogens (tertiary/aromatic N) is 1. The first kappa shape index (κ1) is 7.19. The molecule has 0 radical (unpaired) electrons. The largest absolute Gasteiger partial charge is 0.281 e. The highest BCUT2D eigenvalue weighted by Crippen LogP contribution is 2.50. The van der Waals surface area contributed by atoms with E-state index in [1.54, 1.807) is 10.5 Å². The molecule has 12 heavy (non-hydrogen) atoms. The van der Waals surface area contributed by atoms with Gasteiger partial charge in [0.05, 0.1) is 12.1 Å². The fraction of sp³-hybridized carbons (Fsp3) is 0.700. The number of hydrogen-bond donors (Lipinski definition) is 0. The van der Waals surface area contributed by atoms with E-state index < -0.39 is 0 Å². The average molecular weight is 179 g/mol. The predicted molar refractivity (Wildman–Crippen MR) is 53.4 cm³/mol. The minimum Gasteiger partial charge on any atom is -0.281 e. The topological polar surface area (TPSA) is 12.4 Å². The third-order valence-electron chi connectivity index (χ3n) is 3.41. The van der Waals surface area contributed by atoms with Crippen LogP contribution in [0, 0.1) is 11.8 Å². The summed E-state index contributed by atoms with van der Waals surface area (Å²) in [6.07, 6.45) is 5.84. The first-order valence-corrected chi connectivity index (χ1v) is 5.68. The van der Waals surface area contributed by atoms with Crippen LogP contribution in [-0.4, -0.2) is 12.1 Å². The molecule has 3 rings (SSSR count). The van der Waals surface area contributed by atoms with Crippen LogP contribution >= 0.6 is 11.8 Å². The Morgan fingerprint density at radius 2 is 2.42 bits per heavy atom. The molecular weight excluding hydrogens is 166 g/mol. The quantitative estimate of drug-likeness (QED) is 0.557. The zero-order chi connectivity index (χ0) is 7.97. The lowest BCUT2D eigenvalue weighted by Gasteiger charge is -2.15. The monoisotopic (exact) mass is 179 g/mol. The van der Waals surface area contributed by atoms with Crippen LogP contribution in [0.5, 0.6) is 0 Å². The SMILES string of the molecule is C1=NCC(=C2CC3CCC2C3)S1. The van der Waals surface area contributed by atoms with Gasteiger partial charge in [-0.05, 0) is 37.5 Å². The maximum Gasteiger partial charge on any atom is 0.0708 e. The van der Waals surface area contributed by atoms with Crippen molar-refractivity contribution in [2.75, 3.05) is 6.54 Å². The summed E-state index contributed by atoms with van der Waals surface area (Å²) in [7, 11) is 0. The second-order valence-electron chi connectivity index (χ2n) is 4.09. The van der Waals surface area contributed by atoms with Crippen LogP contribution in [0.4, 0.5) is 0 Å². The average Bonchev–Trinajstić information content (AvgIpc) is 2.81. The van der Waals surface area contributed by atoms with E-state index in [-0.39, 0.29) is 0 Å². The number of thioether (sulfide) groups is 1. The Balaban J connectivity index is 1.89. The lowest BCUT2D eigenvalue weighted by molar-refractivity contribution is 0.559. The van der Waals surface area contributed by atoms with Crippen molar-refractivity contribution in [2.24, 2.45) is 16.8 Å². The zero-order valence-electron chi connectivity index (χ0n) is 7.12. The molecule has 2 saturated carbocycles. The summed E-state index contributed by atoms with van der Waals surface area (Å²) >= 11 is 1.87. The van der Waals surface area contributed by atoms with Crippen LogP contribution in [0.15, 0.2) is 15.5 Å². The van der Waals surface area contributed by atoms with Crippen molar-refractivity contribution in [3.63, 3.8) is 0 Å². The molecule has 0 amide bonds. The minimum absolute atomic E-state index is 0.958. The molecule has 3 aliphatic rings. The van der Waals surface area contributed by atoms with Crippen molar-refractivity contribution in [1.82, 2.24) is 0 Å². The van der Waals surface area contributed by atoms with Crippen molar-refractivity contribution in [3.05, 3.63) is 10.5 Å². The van der Waals surface area contributed by atoms with Gasteiger partial charge in [-0.3, -0.25) is 4.99 Å². The number of hydrogen-bond acceptors (Lipinski definition) is 2. The maximum absolute atomic E-state index is 4.27. The Bertz CT molecular complexity index is 257. The molecule has 1 nitrogen and oxygen atoms in total. The van der Waals surface area contributed by atoms with Crippen molar-refractivity contribution in [1.29, 1.82) is 0 Å². The van der Waals surface area contributed by atoms with Gasteiger partial charge in [0.15, 0.2) is 0 Å². The molecule has 2 fully saturated rings. The van der Waals surface area contributed by atoms with Gasteiger partial charge in [0.25, 0.3) is 0 Å². The number of fused-ring (bicyclic) bond motifs is 2. The van der Waals surface area contributed by atoms with Crippen LogP contribution in [0.25, 0.3) is 0 Å². The van der Waals surface area contributed by atoms with E-state index in [9.17, 15) is 0 Å². The fourth-order valence-corrected chi connectivity index (χ4v) is 3.66. The molecule has 0 aromatic heterocycles. The molecule has 2 heteroatoms. The van der Waals surface area contributed by atoms with Gasteiger partial charge in [-0.25, -0.2) is 0 Å². The molecule has 0 saturated heterocycles. The molecule has 2 unspecified atom stereocenters. The molecule has 0 N–H and O–H groups in total. The summed E-state index contributed by atoms with van der Waals surface area (Å²) in [5, 5.41) is 0. The summed E-state index contributed by atoms with van der Waals surface area (Å²) in [4.78, 5) is 5.86. The highest BCUT2D eigenvalue weighted by atomic mass is 32.2. The Morgan fingerprint density at radius 1 is 1.42 bits per heavy atom. The second kappa shape index (κ2) is 2.63. The van der Waals surface area contributed by atoms with Gasteiger partial charge in [-0.2, -0.15) is 0 Å². The minimum atomic E-state index is 0.958. The van der Waals surface area contributed by atoms with Gasteiger partial charge in [-0.1, -0.05) is 17.3 Å². The lowest BCUT2D eigenvalue weighted by Crippen LogP contribution is -2.01. The third-order valence-corrected chi connectivity index (χ3v) is 4.34. The summed E-state index contributed by atoms with van der Waals surface area (Å²) in [6.45, 7) is 0.989. The second-order valence-corrected chi connectivity index (χ2v) is 5.03. The van der Waals surface area contributed by atoms with E-state index >= 15 is 0 Å². The smallest absolute Gasteiger partial charge is 0.0708 e. The maximum atomic E-state index is 4.27. The van der Waals surface area contributed by atoms with Gasteiger partial charge in [0, 0.05) is 4.91 Å². The van der Waals surface area contributed by atoms with E-state index in [1.165, 1.54) is 25.7 Å². The van der Waals surface area contributed by atoms with Crippen LogP contribution < -0.4 is 0 Å². The van der Waals surface area contributed by atoms with E-state index in [1.807, 2.05) is 17.3 Å². The van der Waals surface area contributed by atoms with Crippen molar-refractivity contribution in [3.8, 4) is 0 Å². The highest BCUT2D eigenvalue weighted by molar-refractivity contribution is 8.15. The van der Waals surface area contributed by atoms with E-state index in [2.05, 4.69) is 4.99 Å². The number of aliphatic imine (C=N–C) groups is 1. The first-order chi connectivity index (χ1) is 5.93. The molecule has 0 spiro atoms. The molecular formula is C10H13NS. The number of allylic oxidation sites excluding steroid dienone is 1. The number of rotatable bonds is 0. The standard InChI is InChI=1S/C10H13NS/c1-2-8-3-7(1)4-9(8)10-5-11-6-12-10/h6-8H,1-5H2. The molecule has 0 aromatic rings. The van der Waals surface area contributed by atoms with Crippen molar-refractivity contribution >= 4 is 17.3 Å². The summed E-state index contributed by atoms with van der Waals surface area (Å²) in [6, 6.07) is 0. The van der Waals surface area contributed by atoms with Crippen LogP contribution in [0.2, 0.25) is 0 Å². The highest BCUT2D eigenvalue weighted by Gasteiger charge is 2.37. The van der Waals surface area contributed by atoms with E-state index in [0.717, 1.165) is 18.4 Å². The Labute approximate surface area is 77.3 Å². The molecule has 64 valence electrons. The van der Waals surface area contributed by atoms with Crippen LogP contribution in [-0.2, 0) is 0 Å². The Morgan fingerprint density at radius 3 is 3.00 bits per heavy atom. The molecule has 2 bridgehead atoms. The molecule has 1 aliphatic heterocycles. The summed E-state index contributed by atoms with van der Waals surface area (Å²) < 4.78 is 0. The van der Waals surface area contributed by atoms with Crippen molar-refractivity contribution in [2.45, 2.75) is 25.7 Å². The predicted octanol–water partition coefficient (Wildman–Crippen LogP) is 2.84. The third kappa shape index (κ3) is 0.972. The van der Waals surface area contributed by atoms with Gasteiger partial charge in [0.1, 0.15) is 0 Å². The fourth-order valence-electron chi connectivity index (χ4n) is 2.83. The van der Waals surface area contributed by atoms with Gasteiger partial charge >= 0.3 is 0 Å². The van der Waals surface area contributed by atoms with E-state index in [0.29, 0.717) is 0 Å².